The van der Waals surface area contributed by atoms with Gasteiger partial charge in [0.2, 0.25) is 0 Å². The normalized spacial score (nSPS) is 13.1. The van der Waals surface area contributed by atoms with Crippen LogP contribution in [0.2, 0.25) is 0 Å². The Kier molecular flexibility index (Phi) is 7.72. The van der Waals surface area contributed by atoms with E-state index in [4.69, 9.17) is 4.74 Å². The molecule has 1 heterocycles. The lowest BCUT2D eigenvalue weighted by molar-refractivity contribution is -0.156. The van der Waals surface area contributed by atoms with Gasteiger partial charge in [0.1, 0.15) is 23.6 Å². The van der Waals surface area contributed by atoms with E-state index >= 15 is 0 Å². The van der Waals surface area contributed by atoms with Crippen LogP contribution in [0, 0.1) is 5.82 Å². The van der Waals surface area contributed by atoms with Gasteiger partial charge in [-0.15, -0.1) is 0 Å². The van der Waals surface area contributed by atoms with Crippen molar-refractivity contribution in [3.05, 3.63) is 66.1 Å². The molecule has 1 N–H and O–H groups in total. The summed E-state index contributed by atoms with van der Waals surface area (Å²) in [6.07, 6.45) is 1.73. The van der Waals surface area contributed by atoms with E-state index in [9.17, 15) is 19.1 Å². The molecule has 0 aliphatic rings. The van der Waals surface area contributed by atoms with Gasteiger partial charge in [-0.05, 0) is 64.5 Å². The number of aromatic nitrogens is 1. The molecule has 34 heavy (non-hydrogen) atoms. The molecule has 2 aromatic carbocycles. The third-order valence-electron chi connectivity index (χ3n) is 5.27. The number of para-hydroxylation sites is 1. The number of hydrogen-bond donors (Lipinski definition) is 1. The fourth-order valence-corrected chi connectivity index (χ4v) is 4.04. The second-order valence-electron chi connectivity index (χ2n) is 9.68. The predicted molar refractivity (Wildman–Crippen MR) is 133 cm³/mol. The minimum Gasteiger partial charge on any atom is -0.460 e. The topological polar surface area (TPSA) is 68.5 Å². The first-order valence-electron chi connectivity index (χ1n) is 11.4. The number of Topliss-reactive ketones (excluding diaryl/α,β-unsaturated/α-hetero) is 1. The van der Waals surface area contributed by atoms with E-state index in [-0.39, 0.29) is 24.7 Å². The summed E-state index contributed by atoms with van der Waals surface area (Å²) in [4.78, 5) is 24.2. The molecule has 5 nitrogen and oxygen atoms in total. The summed E-state index contributed by atoms with van der Waals surface area (Å²) in [6.45, 7) is 9.34. The Balaban J connectivity index is 1.92. The number of fused-ring (bicyclic) bond motifs is 1. The highest BCUT2D eigenvalue weighted by atomic mass is 19.1. The highest BCUT2D eigenvalue weighted by Gasteiger charge is 2.21. The van der Waals surface area contributed by atoms with Crippen LogP contribution in [-0.2, 0) is 14.3 Å². The molecule has 3 rings (SSSR count). The van der Waals surface area contributed by atoms with Crippen LogP contribution in [0.4, 0.5) is 4.39 Å². The smallest absolute Gasteiger partial charge is 0.313 e. The molecule has 0 aliphatic carbocycles. The molecular weight excluding hydrogens is 435 g/mol. The molecule has 0 fully saturated rings. The van der Waals surface area contributed by atoms with Crippen molar-refractivity contribution >= 4 is 28.7 Å². The maximum Gasteiger partial charge on any atom is 0.313 e. The first-order valence-corrected chi connectivity index (χ1v) is 11.4. The summed E-state index contributed by atoms with van der Waals surface area (Å²) in [7, 11) is 0. The van der Waals surface area contributed by atoms with Crippen LogP contribution in [0.15, 0.2) is 54.6 Å². The predicted octanol–water partition coefficient (Wildman–Crippen LogP) is 6.09. The molecule has 0 aliphatic heterocycles. The van der Waals surface area contributed by atoms with Crippen LogP contribution in [0.25, 0.3) is 28.1 Å². The van der Waals surface area contributed by atoms with Crippen molar-refractivity contribution < 1.29 is 23.8 Å². The third kappa shape index (κ3) is 6.20. The van der Waals surface area contributed by atoms with Gasteiger partial charge >= 0.3 is 5.97 Å². The quantitative estimate of drug-likeness (QED) is 0.321. The maximum absolute atomic E-state index is 13.6. The van der Waals surface area contributed by atoms with Crippen molar-refractivity contribution in [2.24, 2.45) is 0 Å². The van der Waals surface area contributed by atoms with Crippen LogP contribution in [0.3, 0.4) is 0 Å². The Hall–Kier alpha value is -3.25. The molecule has 0 bridgehead atoms. The van der Waals surface area contributed by atoms with Crippen LogP contribution in [0.5, 0.6) is 0 Å². The van der Waals surface area contributed by atoms with E-state index in [1.54, 1.807) is 45.1 Å². The molecule has 1 aromatic heterocycles. The molecule has 0 amide bonds. The average molecular weight is 468 g/mol. The Bertz CT molecular complexity index is 1200. The number of benzene rings is 2. The lowest BCUT2D eigenvalue weighted by Gasteiger charge is -2.19. The number of ether oxygens (including phenoxy) is 1. The van der Waals surface area contributed by atoms with E-state index < -0.39 is 23.5 Å². The first-order chi connectivity index (χ1) is 16.0. The molecule has 6 heteroatoms. The summed E-state index contributed by atoms with van der Waals surface area (Å²) < 4.78 is 20.9. The number of aliphatic hydroxyl groups excluding tert-OH is 1. The molecule has 0 radical (unpaired) electrons. The van der Waals surface area contributed by atoms with Crippen LogP contribution in [0.1, 0.15) is 59.2 Å². The number of nitrogens with zero attached hydrogens (tertiary/aromatic N) is 1. The van der Waals surface area contributed by atoms with Crippen molar-refractivity contribution in [1.29, 1.82) is 0 Å². The zero-order valence-corrected chi connectivity index (χ0v) is 20.3. The third-order valence-corrected chi connectivity index (χ3v) is 5.27. The minimum atomic E-state index is -1.06. The number of halogens is 1. The number of esters is 1. The van der Waals surface area contributed by atoms with Gasteiger partial charge in [0, 0.05) is 34.6 Å². The number of ketones is 1. The van der Waals surface area contributed by atoms with Crippen molar-refractivity contribution in [1.82, 2.24) is 4.57 Å². The standard InChI is InChI=1S/C28H32FNO4/c1-18(2)30-24-9-7-6-8-23(24)27(19-10-12-20(29)13-11-19)25(30)15-14-21(31)16-22(32)17-26(33)34-28(3,4)5/h6-15,18,21,31H,16-17H2,1-5H3/b15-14+/i27+2. The fraction of sp³-hybridized carbons (Fsp3) is 0.357. The minimum absolute atomic E-state index is 0.115. The van der Waals surface area contributed by atoms with Gasteiger partial charge in [0.25, 0.3) is 0 Å². The number of hydrogen-bond acceptors (Lipinski definition) is 4. The van der Waals surface area contributed by atoms with Crippen LogP contribution < -0.4 is 0 Å². The molecule has 0 spiro atoms. The monoisotopic (exact) mass is 467 g/mol. The molecule has 0 saturated heterocycles. The first kappa shape index (κ1) is 25.4. The summed E-state index contributed by atoms with van der Waals surface area (Å²) in [6, 6.07) is 14.4. The second-order valence-corrected chi connectivity index (χ2v) is 9.68. The maximum atomic E-state index is 13.6. The van der Waals surface area contributed by atoms with E-state index in [1.807, 2.05) is 24.3 Å². The van der Waals surface area contributed by atoms with Gasteiger partial charge in [0.05, 0.1) is 6.10 Å². The van der Waals surface area contributed by atoms with Crippen LogP contribution >= 0.6 is 0 Å². The Labute approximate surface area is 199 Å². The zero-order chi connectivity index (χ0) is 25.0. The number of aliphatic hydroxyl groups is 1. The highest BCUT2D eigenvalue weighted by Crippen LogP contribution is 2.38. The number of carbonyl (C=O) groups excluding carboxylic acids is 2. The Morgan fingerprint density at radius 1 is 1.12 bits per heavy atom. The fourth-order valence-electron chi connectivity index (χ4n) is 4.04. The lowest BCUT2D eigenvalue weighted by atomic mass is 10.1. The van der Waals surface area contributed by atoms with Gasteiger partial charge in [-0.3, -0.25) is 9.59 Å². The summed E-state index contributed by atoms with van der Waals surface area (Å²) in [5.74, 6) is -1.31. The van der Waals surface area contributed by atoms with Crippen molar-refractivity contribution in [3.63, 3.8) is 0 Å². The molecular formula is C28H32FNO4. The van der Waals surface area contributed by atoms with Crippen molar-refractivity contribution in [2.45, 2.75) is 65.2 Å². The van der Waals surface area contributed by atoms with Gasteiger partial charge in [0.15, 0.2) is 0 Å². The highest BCUT2D eigenvalue weighted by molar-refractivity contribution is 6.01. The van der Waals surface area contributed by atoms with Crippen LogP contribution in [-0.4, -0.2) is 33.1 Å². The van der Waals surface area contributed by atoms with E-state index in [1.165, 1.54) is 12.1 Å². The molecule has 3 aromatic rings. The molecule has 180 valence electrons. The van der Waals surface area contributed by atoms with Crippen molar-refractivity contribution in [3.8, 4) is 11.1 Å². The Morgan fingerprint density at radius 3 is 2.38 bits per heavy atom. The van der Waals surface area contributed by atoms with E-state index in [2.05, 4.69) is 18.4 Å². The molecule has 1 atom stereocenters. The summed E-state index contributed by atoms with van der Waals surface area (Å²) in [5, 5.41) is 11.5. The largest absolute Gasteiger partial charge is 0.460 e. The van der Waals surface area contributed by atoms with Gasteiger partial charge < -0.3 is 14.4 Å². The van der Waals surface area contributed by atoms with E-state index in [0.29, 0.717) is 0 Å². The molecule has 1 unspecified atom stereocenters. The van der Waals surface area contributed by atoms with Gasteiger partial charge in [-0.1, -0.05) is 36.4 Å². The number of carbonyl (C=O) groups is 2. The molecule has 0 saturated carbocycles. The summed E-state index contributed by atoms with van der Waals surface area (Å²) >= 11 is 0. The SMILES string of the molecule is CC(C)n1c(/C=C/C(O)CC(=O)CC(=O)OC(C)(C)C)[14c](-c2ccc(F)cc2)c2ccccc21. The Morgan fingerprint density at radius 2 is 1.76 bits per heavy atom. The lowest BCUT2D eigenvalue weighted by Crippen LogP contribution is -2.26. The van der Waals surface area contributed by atoms with Gasteiger partial charge in [-0.25, -0.2) is 4.39 Å². The number of rotatable bonds is 8. The van der Waals surface area contributed by atoms with Crippen molar-refractivity contribution in [2.75, 3.05) is 0 Å². The van der Waals surface area contributed by atoms with E-state index in [0.717, 1.165) is 27.7 Å². The zero-order valence-electron chi connectivity index (χ0n) is 20.3. The average Bonchev–Trinajstić information content (AvgIpc) is 3.05. The second kappa shape index (κ2) is 10.3. The van der Waals surface area contributed by atoms with Gasteiger partial charge in [-0.2, -0.15) is 0 Å². The summed E-state index contributed by atoms with van der Waals surface area (Å²) in [5.41, 5.74) is 2.98.